The van der Waals surface area contributed by atoms with Crippen LogP contribution in [-0.2, 0) is 17.5 Å². The highest BCUT2D eigenvalue weighted by atomic mass is 19.4. The number of hydrogen-bond acceptors (Lipinski definition) is 6. The molecule has 0 amide bonds. The largest absolute Gasteiger partial charge is 0.493 e. The maximum absolute atomic E-state index is 14.5. The van der Waals surface area contributed by atoms with E-state index >= 15 is 0 Å². The first kappa shape index (κ1) is 26.4. The molecule has 1 N–H and O–H groups in total. The topological polar surface area (TPSA) is 65.5 Å². The minimum Gasteiger partial charge on any atom is -0.493 e. The number of rotatable bonds is 9. The van der Waals surface area contributed by atoms with Crippen molar-refractivity contribution < 1.29 is 36.2 Å². The lowest BCUT2D eigenvalue weighted by atomic mass is 10.1. The zero-order valence-corrected chi connectivity index (χ0v) is 19.9. The molecule has 6 nitrogen and oxygen atoms in total. The van der Waals surface area contributed by atoms with E-state index in [0.29, 0.717) is 40.9 Å². The fourth-order valence-electron chi connectivity index (χ4n) is 3.49. The number of fused-ring (bicyclic) bond motifs is 1. The number of nitrogens with one attached hydrogen (secondary N) is 1. The average molecular weight is 499 g/mol. The molecular formula is C24H26F5N3O3. The van der Waals surface area contributed by atoms with Crippen molar-refractivity contribution in [3.63, 3.8) is 0 Å². The molecule has 0 saturated carbocycles. The number of hydrogen-bond donors (Lipinski definition) is 1. The first-order valence-corrected chi connectivity index (χ1v) is 10.8. The summed E-state index contributed by atoms with van der Waals surface area (Å²) in [5.41, 5.74) is -1.70. The van der Waals surface area contributed by atoms with Crippen LogP contribution in [0.3, 0.4) is 0 Å². The minimum atomic E-state index is -5.03. The third-order valence-electron chi connectivity index (χ3n) is 5.31. The molecule has 35 heavy (non-hydrogen) atoms. The molecule has 3 aromatic rings. The van der Waals surface area contributed by atoms with Crippen LogP contribution in [0.2, 0.25) is 0 Å². The van der Waals surface area contributed by atoms with Crippen molar-refractivity contribution in [2.45, 2.75) is 39.6 Å². The molecule has 0 fully saturated rings. The fraction of sp³-hybridized carbons (Fsp3) is 0.417. The standard InChI is InChI=1S/C24H26F5N3O3/c1-12(2)21(11-33-4)35-20-8-16-18(9-19(20)34-5)31-13(3)32-23(16)30-10-14-6-15(25)7-17(22(14)26)24(27,28)29/h6-9,12,21H,10-11H2,1-5H3,(H,30,31,32). The summed E-state index contributed by atoms with van der Waals surface area (Å²) in [5.74, 6) is -1.28. The number of halogens is 5. The highest BCUT2D eigenvalue weighted by molar-refractivity contribution is 5.91. The van der Waals surface area contributed by atoms with Gasteiger partial charge < -0.3 is 19.5 Å². The quantitative estimate of drug-likeness (QED) is 0.370. The molecule has 1 unspecified atom stereocenters. The zero-order chi connectivity index (χ0) is 25.9. The van der Waals surface area contributed by atoms with E-state index in [9.17, 15) is 22.0 Å². The summed E-state index contributed by atoms with van der Waals surface area (Å²) in [6.07, 6.45) is -5.33. The Morgan fingerprint density at radius 1 is 1.00 bits per heavy atom. The van der Waals surface area contributed by atoms with E-state index in [4.69, 9.17) is 14.2 Å². The Bertz CT molecular complexity index is 1200. The van der Waals surface area contributed by atoms with Gasteiger partial charge in [0.25, 0.3) is 0 Å². The van der Waals surface area contributed by atoms with E-state index in [1.54, 1.807) is 26.2 Å². The molecular weight excluding hydrogens is 473 g/mol. The number of benzene rings is 2. The van der Waals surface area contributed by atoms with E-state index in [1.165, 1.54) is 7.11 Å². The fourth-order valence-corrected chi connectivity index (χ4v) is 3.49. The Kier molecular flexibility index (Phi) is 7.99. The second-order valence-electron chi connectivity index (χ2n) is 8.27. The number of methoxy groups -OCH3 is 2. The second kappa shape index (κ2) is 10.6. The first-order chi connectivity index (χ1) is 16.4. The highest BCUT2D eigenvalue weighted by Crippen LogP contribution is 2.36. The van der Waals surface area contributed by atoms with Crippen molar-refractivity contribution in [2.24, 2.45) is 5.92 Å². The lowest BCUT2D eigenvalue weighted by Crippen LogP contribution is -2.28. The third kappa shape index (κ3) is 6.08. The van der Waals surface area contributed by atoms with Crippen molar-refractivity contribution in [3.05, 3.63) is 52.9 Å². The van der Waals surface area contributed by atoms with Gasteiger partial charge in [0.1, 0.15) is 29.4 Å². The van der Waals surface area contributed by atoms with Crippen LogP contribution in [0.25, 0.3) is 10.9 Å². The molecule has 0 aliphatic rings. The van der Waals surface area contributed by atoms with Gasteiger partial charge in [-0.15, -0.1) is 0 Å². The van der Waals surface area contributed by atoms with E-state index in [0.717, 1.165) is 0 Å². The lowest BCUT2D eigenvalue weighted by Gasteiger charge is -2.23. The van der Waals surface area contributed by atoms with Crippen LogP contribution in [0.15, 0.2) is 24.3 Å². The number of aromatic nitrogens is 2. The predicted octanol–water partition coefficient (Wildman–Crippen LogP) is 5.91. The highest BCUT2D eigenvalue weighted by Gasteiger charge is 2.35. The van der Waals surface area contributed by atoms with Crippen molar-refractivity contribution in [1.29, 1.82) is 0 Å². The third-order valence-corrected chi connectivity index (χ3v) is 5.31. The Morgan fingerprint density at radius 2 is 1.71 bits per heavy atom. The molecule has 1 atom stereocenters. The van der Waals surface area contributed by atoms with Crippen LogP contribution in [-0.4, -0.2) is 36.9 Å². The van der Waals surface area contributed by atoms with Gasteiger partial charge in [-0.2, -0.15) is 13.2 Å². The molecule has 0 bridgehead atoms. The number of alkyl halides is 3. The van der Waals surface area contributed by atoms with Crippen LogP contribution < -0.4 is 14.8 Å². The number of ether oxygens (including phenoxy) is 3. The first-order valence-electron chi connectivity index (χ1n) is 10.8. The summed E-state index contributed by atoms with van der Waals surface area (Å²) in [7, 11) is 3.04. The summed E-state index contributed by atoms with van der Waals surface area (Å²) < 4.78 is 84.3. The Labute approximate surface area is 199 Å². The van der Waals surface area contributed by atoms with Gasteiger partial charge in [-0.1, -0.05) is 13.8 Å². The Hall–Kier alpha value is -3.21. The Balaban J connectivity index is 2.02. The average Bonchev–Trinajstić information content (AvgIpc) is 2.77. The van der Waals surface area contributed by atoms with Crippen LogP contribution in [0.1, 0.15) is 30.8 Å². The molecule has 2 aromatic carbocycles. The van der Waals surface area contributed by atoms with Crippen LogP contribution in [0, 0.1) is 24.5 Å². The summed E-state index contributed by atoms with van der Waals surface area (Å²) in [6, 6.07) is 4.11. The van der Waals surface area contributed by atoms with E-state index in [-0.39, 0.29) is 23.9 Å². The van der Waals surface area contributed by atoms with Crippen molar-refractivity contribution >= 4 is 16.7 Å². The monoisotopic (exact) mass is 499 g/mol. The van der Waals surface area contributed by atoms with Crippen molar-refractivity contribution in [3.8, 4) is 11.5 Å². The van der Waals surface area contributed by atoms with Gasteiger partial charge in [0.05, 0.1) is 24.8 Å². The Morgan fingerprint density at radius 3 is 2.31 bits per heavy atom. The normalized spacial score (nSPS) is 12.8. The number of nitrogens with zero attached hydrogens (tertiary/aromatic N) is 2. The number of anilines is 1. The molecule has 0 spiro atoms. The van der Waals surface area contributed by atoms with Gasteiger partial charge in [-0.25, -0.2) is 18.7 Å². The van der Waals surface area contributed by atoms with Gasteiger partial charge in [0, 0.05) is 30.7 Å². The molecule has 190 valence electrons. The minimum absolute atomic E-state index is 0.112. The second-order valence-corrected chi connectivity index (χ2v) is 8.27. The SMILES string of the molecule is COCC(Oc1cc2c(NCc3cc(F)cc(C(F)(F)F)c3F)nc(C)nc2cc1OC)C(C)C. The van der Waals surface area contributed by atoms with Gasteiger partial charge in [0.2, 0.25) is 0 Å². The molecule has 1 aromatic heterocycles. The summed E-state index contributed by atoms with van der Waals surface area (Å²) in [4.78, 5) is 8.68. The summed E-state index contributed by atoms with van der Waals surface area (Å²) in [5, 5.41) is 3.27. The molecule has 11 heteroatoms. The lowest BCUT2D eigenvalue weighted by molar-refractivity contribution is -0.140. The van der Waals surface area contributed by atoms with E-state index in [2.05, 4.69) is 15.3 Å². The van der Waals surface area contributed by atoms with Crippen LogP contribution in [0.5, 0.6) is 11.5 Å². The van der Waals surface area contributed by atoms with Crippen molar-refractivity contribution in [2.75, 3.05) is 26.1 Å². The predicted molar refractivity (Wildman–Crippen MR) is 121 cm³/mol. The van der Waals surface area contributed by atoms with Gasteiger partial charge >= 0.3 is 6.18 Å². The molecule has 1 heterocycles. The smallest absolute Gasteiger partial charge is 0.419 e. The molecule has 0 aliphatic carbocycles. The summed E-state index contributed by atoms with van der Waals surface area (Å²) >= 11 is 0. The molecule has 0 saturated heterocycles. The zero-order valence-electron chi connectivity index (χ0n) is 19.9. The van der Waals surface area contributed by atoms with Gasteiger partial charge in [-0.05, 0) is 31.0 Å². The van der Waals surface area contributed by atoms with Gasteiger partial charge in [-0.3, -0.25) is 0 Å². The molecule has 0 aliphatic heterocycles. The van der Waals surface area contributed by atoms with Crippen LogP contribution >= 0.6 is 0 Å². The molecule has 0 radical (unpaired) electrons. The van der Waals surface area contributed by atoms with Crippen LogP contribution in [0.4, 0.5) is 27.8 Å². The van der Waals surface area contributed by atoms with Gasteiger partial charge in [0.15, 0.2) is 11.5 Å². The maximum Gasteiger partial charge on any atom is 0.419 e. The number of aryl methyl sites for hydroxylation is 1. The summed E-state index contributed by atoms with van der Waals surface area (Å²) in [6.45, 7) is 5.45. The molecule has 3 rings (SSSR count). The van der Waals surface area contributed by atoms with E-state index < -0.39 is 35.5 Å². The maximum atomic E-state index is 14.5. The van der Waals surface area contributed by atoms with Crippen molar-refractivity contribution in [1.82, 2.24) is 9.97 Å². The van der Waals surface area contributed by atoms with E-state index in [1.807, 2.05) is 13.8 Å².